The first-order valence-electron chi connectivity index (χ1n) is 10.4. The molecule has 2 atom stereocenters. The van der Waals surface area contributed by atoms with Crippen LogP contribution in [-0.2, 0) is 0 Å². The van der Waals surface area contributed by atoms with E-state index < -0.39 is 12.1 Å². The van der Waals surface area contributed by atoms with Gasteiger partial charge in [-0.3, -0.25) is 14.4 Å². The van der Waals surface area contributed by atoms with Crippen molar-refractivity contribution >= 4 is 5.91 Å². The predicted molar refractivity (Wildman–Crippen MR) is 119 cm³/mol. The first-order valence-corrected chi connectivity index (χ1v) is 10.4. The third kappa shape index (κ3) is 4.71. The van der Waals surface area contributed by atoms with E-state index in [1.54, 1.807) is 47.3 Å². The van der Waals surface area contributed by atoms with Crippen LogP contribution in [0.2, 0.25) is 0 Å². The van der Waals surface area contributed by atoms with Crippen LogP contribution in [0.1, 0.15) is 29.2 Å². The number of carbonyl (C=O) groups is 1. The molecule has 8 heteroatoms. The Kier molecular flexibility index (Phi) is 6.34. The second-order valence-corrected chi connectivity index (χ2v) is 7.76. The van der Waals surface area contributed by atoms with Gasteiger partial charge in [-0.25, -0.2) is 4.39 Å². The van der Waals surface area contributed by atoms with E-state index in [0.717, 1.165) is 24.9 Å². The number of amides is 1. The van der Waals surface area contributed by atoms with Crippen molar-refractivity contribution in [3.63, 3.8) is 0 Å². The van der Waals surface area contributed by atoms with Gasteiger partial charge in [0.05, 0.1) is 11.6 Å². The summed E-state index contributed by atoms with van der Waals surface area (Å²) < 4.78 is 20.6. The molecule has 4 rings (SSSR count). The number of ether oxygens (including phenoxy) is 1. The minimum absolute atomic E-state index is 0.00582. The van der Waals surface area contributed by atoms with Crippen LogP contribution in [0.15, 0.2) is 67.4 Å². The third-order valence-corrected chi connectivity index (χ3v) is 5.56. The van der Waals surface area contributed by atoms with E-state index in [1.165, 1.54) is 18.2 Å². The lowest BCUT2D eigenvalue weighted by Crippen LogP contribution is -2.42. The number of primary amides is 1. The number of piperidine rings is 1. The zero-order chi connectivity index (χ0) is 22.7. The number of aliphatic hydroxyl groups is 1. The largest absolute Gasteiger partial charge is 0.457 e. The first kappa shape index (κ1) is 21.7. The van der Waals surface area contributed by atoms with Gasteiger partial charge in [-0.05, 0) is 67.4 Å². The van der Waals surface area contributed by atoms with Gasteiger partial charge in [0, 0.05) is 24.8 Å². The molecular weight excluding hydrogens is 411 g/mol. The summed E-state index contributed by atoms with van der Waals surface area (Å²) in [5.41, 5.74) is 7.17. The number of likely N-dealkylation sites (tertiary alicyclic amines) is 1. The second-order valence-electron chi connectivity index (χ2n) is 7.76. The molecule has 0 spiro atoms. The van der Waals surface area contributed by atoms with E-state index in [2.05, 4.69) is 11.7 Å². The molecule has 1 aromatic heterocycles. The van der Waals surface area contributed by atoms with E-state index >= 15 is 0 Å². The maximum atomic E-state index is 13.1. The Labute approximate surface area is 185 Å². The van der Waals surface area contributed by atoms with Gasteiger partial charge in [0.2, 0.25) is 0 Å². The average molecular weight is 436 g/mol. The van der Waals surface area contributed by atoms with Gasteiger partial charge < -0.3 is 15.6 Å². The highest BCUT2D eigenvalue weighted by atomic mass is 19.1. The van der Waals surface area contributed by atoms with E-state index in [9.17, 15) is 14.3 Å². The van der Waals surface area contributed by atoms with E-state index in [4.69, 9.17) is 10.5 Å². The monoisotopic (exact) mass is 436 g/mol. The van der Waals surface area contributed by atoms with Crippen molar-refractivity contribution in [3.05, 3.63) is 78.8 Å². The van der Waals surface area contributed by atoms with Gasteiger partial charge in [0.25, 0.3) is 5.91 Å². The predicted octanol–water partition coefficient (Wildman–Crippen LogP) is 3.72. The van der Waals surface area contributed by atoms with Gasteiger partial charge in [0.1, 0.15) is 29.2 Å². The highest BCUT2D eigenvalue weighted by Crippen LogP contribution is 2.30. The fourth-order valence-corrected chi connectivity index (χ4v) is 3.88. The zero-order valence-corrected chi connectivity index (χ0v) is 17.5. The highest BCUT2D eigenvalue weighted by molar-refractivity contribution is 5.98. The Morgan fingerprint density at radius 2 is 1.88 bits per heavy atom. The molecule has 32 heavy (non-hydrogen) atoms. The summed E-state index contributed by atoms with van der Waals surface area (Å²) in [4.78, 5) is 14.0. The van der Waals surface area contributed by atoms with E-state index in [0.29, 0.717) is 29.3 Å². The fourth-order valence-electron chi connectivity index (χ4n) is 3.88. The van der Waals surface area contributed by atoms with Crippen molar-refractivity contribution in [1.82, 2.24) is 14.7 Å². The zero-order valence-electron chi connectivity index (χ0n) is 17.5. The maximum absolute atomic E-state index is 13.1. The van der Waals surface area contributed by atoms with Gasteiger partial charge >= 0.3 is 0 Å². The number of hydrogen-bond donors (Lipinski definition) is 2. The van der Waals surface area contributed by atoms with Crippen molar-refractivity contribution in [2.45, 2.75) is 25.1 Å². The van der Waals surface area contributed by atoms with Crippen molar-refractivity contribution in [2.24, 2.45) is 5.73 Å². The number of aliphatic hydroxyl groups excluding tert-OH is 1. The Bertz CT molecular complexity index is 1100. The summed E-state index contributed by atoms with van der Waals surface area (Å²) >= 11 is 0. The Hall–Kier alpha value is -3.49. The number of benzene rings is 2. The number of hydrogen-bond acceptors (Lipinski definition) is 5. The van der Waals surface area contributed by atoms with Crippen LogP contribution < -0.4 is 10.5 Å². The Balaban J connectivity index is 1.56. The van der Waals surface area contributed by atoms with Gasteiger partial charge in [-0.1, -0.05) is 6.58 Å². The van der Waals surface area contributed by atoms with Gasteiger partial charge in [0.15, 0.2) is 0 Å². The number of aromatic nitrogens is 2. The lowest BCUT2D eigenvalue weighted by atomic mass is 10.1. The molecule has 1 fully saturated rings. The highest BCUT2D eigenvalue weighted by Gasteiger charge is 2.27. The summed E-state index contributed by atoms with van der Waals surface area (Å²) in [5, 5.41) is 14.8. The molecule has 2 heterocycles. The van der Waals surface area contributed by atoms with E-state index in [1.807, 2.05) is 4.90 Å². The fraction of sp³-hybridized carbons (Fsp3) is 0.250. The molecule has 0 radical (unpaired) electrons. The lowest BCUT2D eigenvalue weighted by Gasteiger charge is -2.34. The molecule has 7 nitrogen and oxygen atoms in total. The molecular formula is C24H25FN4O3. The molecule has 0 aliphatic carbocycles. The molecule has 2 aromatic carbocycles. The van der Waals surface area contributed by atoms with Crippen LogP contribution in [0, 0.1) is 5.82 Å². The number of carbonyl (C=O) groups excluding carboxylic acids is 1. The van der Waals surface area contributed by atoms with Crippen LogP contribution in [0.25, 0.3) is 11.3 Å². The van der Waals surface area contributed by atoms with Crippen molar-refractivity contribution in [1.29, 1.82) is 0 Å². The van der Waals surface area contributed by atoms with Gasteiger partial charge in [-0.2, -0.15) is 5.10 Å². The molecule has 3 aromatic rings. The van der Waals surface area contributed by atoms with Crippen LogP contribution >= 0.6 is 0 Å². The molecule has 1 aliphatic rings. The van der Waals surface area contributed by atoms with Crippen molar-refractivity contribution < 1.29 is 19.0 Å². The second kappa shape index (κ2) is 9.33. The Morgan fingerprint density at radius 1 is 1.22 bits per heavy atom. The SMILES string of the molecule is C=CC(O)N1CCC[C@@H](n2cc(C(N)=O)c(-c3ccc(Oc4ccc(F)cc4)cc3)n2)C1. The molecule has 1 aliphatic heterocycles. The molecule has 1 saturated heterocycles. The van der Waals surface area contributed by atoms with Crippen molar-refractivity contribution in [3.8, 4) is 22.8 Å². The smallest absolute Gasteiger partial charge is 0.252 e. The third-order valence-electron chi connectivity index (χ3n) is 5.56. The lowest BCUT2D eigenvalue weighted by molar-refractivity contribution is 0.0121. The summed E-state index contributed by atoms with van der Waals surface area (Å²) in [5.74, 6) is 0.200. The maximum Gasteiger partial charge on any atom is 0.252 e. The van der Waals surface area contributed by atoms with Crippen LogP contribution in [0.4, 0.5) is 4.39 Å². The number of rotatable bonds is 7. The average Bonchev–Trinajstić information content (AvgIpc) is 3.27. The molecule has 166 valence electrons. The van der Waals surface area contributed by atoms with Crippen molar-refractivity contribution in [2.75, 3.05) is 13.1 Å². The number of nitrogens with zero attached hydrogens (tertiary/aromatic N) is 3. The molecule has 0 bridgehead atoms. The van der Waals surface area contributed by atoms with Crippen LogP contribution in [0.3, 0.4) is 0 Å². The minimum Gasteiger partial charge on any atom is -0.457 e. The quantitative estimate of drug-likeness (QED) is 0.551. The number of halogens is 1. The van der Waals surface area contributed by atoms with E-state index in [-0.39, 0.29) is 11.9 Å². The summed E-state index contributed by atoms with van der Waals surface area (Å²) in [6.07, 6.45) is 4.24. The molecule has 1 amide bonds. The molecule has 0 saturated carbocycles. The minimum atomic E-state index is -0.711. The van der Waals surface area contributed by atoms with Gasteiger partial charge in [-0.15, -0.1) is 0 Å². The summed E-state index contributed by atoms with van der Waals surface area (Å²) in [7, 11) is 0. The standard InChI is InChI=1S/C24H25FN4O3/c1-2-22(30)28-13-3-4-18(14-28)29-15-21(24(26)31)23(27-29)16-5-9-19(10-6-16)32-20-11-7-17(25)8-12-20/h2,5-12,15,18,22,30H,1,3-4,13-14H2,(H2,26,31)/t18-,22?/m1/s1. The first-order chi connectivity index (χ1) is 15.4. The molecule has 1 unspecified atom stereocenters. The molecule has 3 N–H and O–H groups in total. The normalized spacial score (nSPS) is 17.6. The summed E-state index contributed by atoms with van der Waals surface area (Å²) in [6, 6.07) is 12.9. The number of nitrogens with two attached hydrogens (primary N) is 1. The topological polar surface area (TPSA) is 93.6 Å². The van der Waals surface area contributed by atoms with Crippen LogP contribution in [0.5, 0.6) is 11.5 Å². The van der Waals surface area contributed by atoms with Crippen LogP contribution in [-0.4, -0.2) is 45.0 Å². The Morgan fingerprint density at radius 3 is 2.50 bits per heavy atom. The summed E-state index contributed by atoms with van der Waals surface area (Å²) in [6.45, 7) is 5.02.